The van der Waals surface area contributed by atoms with Crippen molar-refractivity contribution in [2.24, 2.45) is 7.05 Å². The van der Waals surface area contributed by atoms with Crippen LogP contribution in [0.15, 0.2) is 42.5 Å². The van der Waals surface area contributed by atoms with Crippen LogP contribution in [0.4, 0.5) is 0 Å². The largest absolute Gasteiger partial charge is 0.327 e. The molecule has 0 saturated carbocycles. The van der Waals surface area contributed by atoms with Gasteiger partial charge in [-0.2, -0.15) is 0 Å². The number of hydrogen-bond donors (Lipinski definition) is 0. The Balaban J connectivity index is 2.23. The quantitative estimate of drug-likeness (QED) is 0.627. The minimum absolute atomic E-state index is 1.02. The Labute approximate surface area is 107 Å². The Bertz CT molecular complexity index is 706. The second-order valence-corrected chi connectivity index (χ2v) is 4.85. The molecule has 0 radical (unpaired) electrons. The van der Waals surface area contributed by atoms with Gasteiger partial charge in [-0.05, 0) is 31.5 Å². The first-order valence-corrected chi connectivity index (χ1v) is 6.15. The summed E-state index contributed by atoms with van der Waals surface area (Å²) in [7, 11) is 2.07. The number of aromatic nitrogens is 2. The molecule has 0 aliphatic rings. The van der Waals surface area contributed by atoms with Gasteiger partial charge in [-0.3, -0.25) is 0 Å². The van der Waals surface area contributed by atoms with Gasteiger partial charge in [0.25, 0.3) is 0 Å². The highest BCUT2D eigenvalue weighted by Crippen LogP contribution is 2.24. The highest BCUT2D eigenvalue weighted by molar-refractivity contribution is 5.81. The molecule has 1 aromatic heterocycles. The first kappa shape index (κ1) is 11.0. The molecular formula is C16H16N2. The summed E-state index contributed by atoms with van der Waals surface area (Å²) in [5.41, 5.74) is 5.94. The van der Waals surface area contributed by atoms with Crippen LogP contribution in [0.5, 0.6) is 0 Å². The number of benzene rings is 2. The smallest absolute Gasteiger partial charge is 0.140 e. The van der Waals surface area contributed by atoms with Gasteiger partial charge in [-0.1, -0.05) is 35.9 Å². The average molecular weight is 236 g/mol. The lowest BCUT2D eigenvalue weighted by Gasteiger charge is -2.03. The van der Waals surface area contributed by atoms with Gasteiger partial charge in [0.05, 0.1) is 11.0 Å². The maximum atomic E-state index is 4.72. The first-order valence-electron chi connectivity index (χ1n) is 6.15. The minimum atomic E-state index is 1.02. The molecule has 3 aromatic rings. The molecule has 18 heavy (non-hydrogen) atoms. The van der Waals surface area contributed by atoms with Crippen LogP contribution in [0.3, 0.4) is 0 Å². The predicted octanol–water partition coefficient (Wildman–Crippen LogP) is 3.86. The van der Waals surface area contributed by atoms with Crippen LogP contribution in [-0.4, -0.2) is 9.55 Å². The molecule has 0 saturated heterocycles. The van der Waals surface area contributed by atoms with Gasteiger partial charge < -0.3 is 4.57 Å². The van der Waals surface area contributed by atoms with E-state index in [9.17, 15) is 0 Å². The third-order valence-electron chi connectivity index (χ3n) is 3.35. The second-order valence-electron chi connectivity index (χ2n) is 4.85. The molecule has 2 heteroatoms. The standard InChI is InChI=1S/C16H16N2/c1-11-4-7-13(8-5-11)16-17-14-9-6-12(2)10-15(14)18(16)3/h4-10H,1-3H3. The van der Waals surface area contributed by atoms with Crippen molar-refractivity contribution in [3.05, 3.63) is 53.6 Å². The van der Waals surface area contributed by atoms with Crippen LogP contribution in [0.25, 0.3) is 22.4 Å². The van der Waals surface area contributed by atoms with E-state index in [2.05, 4.69) is 67.9 Å². The molecular weight excluding hydrogens is 220 g/mol. The van der Waals surface area contributed by atoms with Crippen molar-refractivity contribution < 1.29 is 0 Å². The van der Waals surface area contributed by atoms with Crippen LogP contribution in [0, 0.1) is 13.8 Å². The molecule has 0 amide bonds. The lowest BCUT2D eigenvalue weighted by molar-refractivity contribution is 0.958. The van der Waals surface area contributed by atoms with E-state index < -0.39 is 0 Å². The Morgan fingerprint density at radius 2 is 1.56 bits per heavy atom. The summed E-state index contributed by atoms with van der Waals surface area (Å²) in [6, 6.07) is 14.9. The monoisotopic (exact) mass is 236 g/mol. The van der Waals surface area contributed by atoms with E-state index in [1.54, 1.807) is 0 Å². The normalized spacial score (nSPS) is 11.1. The van der Waals surface area contributed by atoms with Crippen molar-refractivity contribution in [3.63, 3.8) is 0 Å². The molecule has 0 atom stereocenters. The Kier molecular flexibility index (Phi) is 2.44. The third-order valence-corrected chi connectivity index (χ3v) is 3.35. The van der Waals surface area contributed by atoms with Crippen molar-refractivity contribution >= 4 is 11.0 Å². The average Bonchev–Trinajstić information content (AvgIpc) is 2.68. The SMILES string of the molecule is Cc1ccc(-c2nc3ccc(C)cc3n2C)cc1. The first-order chi connectivity index (χ1) is 8.65. The fourth-order valence-electron chi connectivity index (χ4n) is 2.26. The molecule has 90 valence electrons. The van der Waals surface area contributed by atoms with Gasteiger partial charge >= 0.3 is 0 Å². The van der Waals surface area contributed by atoms with Gasteiger partial charge in [0.2, 0.25) is 0 Å². The number of hydrogen-bond acceptors (Lipinski definition) is 1. The fraction of sp³-hybridized carbons (Fsp3) is 0.188. The van der Waals surface area contributed by atoms with Crippen LogP contribution in [-0.2, 0) is 7.05 Å². The predicted molar refractivity (Wildman–Crippen MR) is 75.6 cm³/mol. The van der Waals surface area contributed by atoms with Crippen LogP contribution in [0.1, 0.15) is 11.1 Å². The zero-order chi connectivity index (χ0) is 12.7. The van der Waals surface area contributed by atoms with Crippen molar-refractivity contribution in [2.45, 2.75) is 13.8 Å². The zero-order valence-corrected chi connectivity index (χ0v) is 10.9. The highest BCUT2D eigenvalue weighted by Gasteiger charge is 2.09. The van der Waals surface area contributed by atoms with Gasteiger partial charge in [-0.15, -0.1) is 0 Å². The van der Waals surface area contributed by atoms with Crippen molar-refractivity contribution in [1.29, 1.82) is 0 Å². The Morgan fingerprint density at radius 1 is 0.889 bits per heavy atom. The minimum Gasteiger partial charge on any atom is -0.327 e. The number of imidazole rings is 1. The highest BCUT2D eigenvalue weighted by atomic mass is 15.1. The summed E-state index contributed by atoms with van der Waals surface area (Å²) < 4.78 is 2.16. The van der Waals surface area contributed by atoms with Crippen LogP contribution < -0.4 is 0 Å². The van der Waals surface area contributed by atoms with E-state index in [1.807, 2.05) is 0 Å². The summed E-state index contributed by atoms with van der Waals surface area (Å²) in [6.07, 6.45) is 0. The second kappa shape index (κ2) is 3.98. The number of fused-ring (bicyclic) bond motifs is 1. The van der Waals surface area contributed by atoms with Gasteiger partial charge in [0, 0.05) is 12.6 Å². The van der Waals surface area contributed by atoms with E-state index in [-0.39, 0.29) is 0 Å². The summed E-state index contributed by atoms with van der Waals surface area (Å²) in [5, 5.41) is 0. The van der Waals surface area contributed by atoms with E-state index in [0.717, 1.165) is 16.9 Å². The van der Waals surface area contributed by atoms with Crippen molar-refractivity contribution in [2.75, 3.05) is 0 Å². The Morgan fingerprint density at radius 3 is 2.28 bits per heavy atom. The molecule has 2 nitrogen and oxygen atoms in total. The van der Waals surface area contributed by atoms with E-state index in [0.29, 0.717) is 0 Å². The molecule has 0 bridgehead atoms. The molecule has 0 fully saturated rings. The molecule has 0 aliphatic carbocycles. The van der Waals surface area contributed by atoms with Crippen LogP contribution in [0.2, 0.25) is 0 Å². The number of aryl methyl sites for hydroxylation is 3. The van der Waals surface area contributed by atoms with E-state index in [1.165, 1.54) is 16.6 Å². The van der Waals surface area contributed by atoms with Crippen molar-refractivity contribution in [1.82, 2.24) is 9.55 Å². The van der Waals surface area contributed by atoms with E-state index >= 15 is 0 Å². The molecule has 0 unspecified atom stereocenters. The number of nitrogens with zero attached hydrogens (tertiary/aromatic N) is 2. The molecule has 0 aliphatic heterocycles. The molecule has 3 rings (SSSR count). The maximum Gasteiger partial charge on any atom is 0.140 e. The summed E-state index contributed by atoms with van der Waals surface area (Å²) >= 11 is 0. The summed E-state index contributed by atoms with van der Waals surface area (Å²) in [6.45, 7) is 4.21. The van der Waals surface area contributed by atoms with E-state index in [4.69, 9.17) is 4.98 Å². The molecule has 1 heterocycles. The molecule has 0 spiro atoms. The lowest BCUT2D eigenvalue weighted by atomic mass is 10.1. The molecule has 2 aromatic carbocycles. The topological polar surface area (TPSA) is 17.8 Å². The van der Waals surface area contributed by atoms with Crippen molar-refractivity contribution in [3.8, 4) is 11.4 Å². The molecule has 0 N–H and O–H groups in total. The lowest BCUT2D eigenvalue weighted by Crippen LogP contribution is -1.92. The van der Waals surface area contributed by atoms with Gasteiger partial charge in [0.1, 0.15) is 5.82 Å². The third kappa shape index (κ3) is 1.70. The summed E-state index contributed by atoms with van der Waals surface area (Å²) in [5.74, 6) is 1.02. The Hall–Kier alpha value is -2.09. The maximum absolute atomic E-state index is 4.72. The summed E-state index contributed by atoms with van der Waals surface area (Å²) in [4.78, 5) is 4.72. The zero-order valence-electron chi connectivity index (χ0n) is 10.9. The van der Waals surface area contributed by atoms with Gasteiger partial charge in [0.15, 0.2) is 0 Å². The van der Waals surface area contributed by atoms with Crippen LogP contribution >= 0.6 is 0 Å². The van der Waals surface area contributed by atoms with Gasteiger partial charge in [-0.25, -0.2) is 4.98 Å². The fourth-order valence-corrected chi connectivity index (χ4v) is 2.26. The number of rotatable bonds is 1.